The Morgan fingerprint density at radius 3 is 2.73 bits per heavy atom. The van der Waals surface area contributed by atoms with Gasteiger partial charge in [-0.15, -0.1) is 5.10 Å². The summed E-state index contributed by atoms with van der Waals surface area (Å²) in [4.78, 5) is 0. The molecule has 0 atom stereocenters. The van der Waals surface area contributed by atoms with E-state index in [1.165, 1.54) is 0 Å². The smallest absolute Gasteiger partial charge is 0.232 e. The number of aromatic amines is 1. The molecule has 1 heterocycles. The van der Waals surface area contributed by atoms with E-state index >= 15 is 0 Å². The van der Waals surface area contributed by atoms with Crippen molar-refractivity contribution in [2.24, 2.45) is 0 Å². The normalized spacial score (nSPS) is 8.91. The quantitative estimate of drug-likeness (QED) is 0.617. The fourth-order valence-electron chi connectivity index (χ4n) is 0.788. The predicted octanol–water partition coefficient (Wildman–Crippen LogP) is 1.46. The highest BCUT2D eigenvalue weighted by molar-refractivity contribution is 5.72. The van der Waals surface area contributed by atoms with Crippen LogP contribution in [-0.4, -0.2) is 15.4 Å². The van der Waals surface area contributed by atoms with Gasteiger partial charge in [0.15, 0.2) is 0 Å². The maximum Gasteiger partial charge on any atom is 0.232 e. The lowest BCUT2D eigenvalue weighted by Gasteiger charge is -1.79. The summed E-state index contributed by atoms with van der Waals surface area (Å²) in [5.41, 5.74) is 1.90. The van der Waals surface area contributed by atoms with Crippen molar-refractivity contribution in [2.75, 3.05) is 0 Å². The molecule has 0 saturated heterocycles. The number of hydrogen-bond acceptors (Lipinski definition) is 2. The van der Waals surface area contributed by atoms with Crippen molar-refractivity contribution < 1.29 is 4.39 Å². The van der Waals surface area contributed by atoms with Crippen LogP contribution in [0.15, 0.2) is 24.3 Å². The molecule has 1 N–H and O–H groups in total. The topological polar surface area (TPSA) is 41.6 Å². The summed E-state index contributed by atoms with van der Waals surface area (Å²) in [6.45, 7) is 0. The van der Waals surface area contributed by atoms with E-state index in [0.29, 0.717) is 0 Å². The molecule has 2 aromatic rings. The molecule has 0 amide bonds. The minimum absolute atomic E-state index is 0.914. The van der Waals surface area contributed by atoms with Gasteiger partial charge >= 0.3 is 0 Å². The summed E-state index contributed by atoms with van der Waals surface area (Å²) in [5, 5.41) is 10.2. The second kappa shape index (κ2) is 3.65. The van der Waals surface area contributed by atoms with E-state index in [1.807, 2.05) is 24.3 Å². The standard InChI is InChI=1S/C6H5N3.CF/c1-2-4-6-5(3-1)7-9-8-6;1-2/h1-4H,(H,7,8,9);. The van der Waals surface area contributed by atoms with Crippen LogP contribution >= 0.6 is 0 Å². The summed E-state index contributed by atoms with van der Waals surface area (Å²) in [5.74, 6) is 0. The van der Waals surface area contributed by atoms with E-state index in [9.17, 15) is 0 Å². The molecule has 11 heavy (non-hydrogen) atoms. The third kappa shape index (κ3) is 1.52. The number of rotatable bonds is 0. The Hall–Kier alpha value is -1.45. The highest BCUT2D eigenvalue weighted by Crippen LogP contribution is 2.03. The number of nitrogens with one attached hydrogen (secondary N) is 1. The molecule has 0 fully saturated rings. The number of benzene rings is 1. The van der Waals surface area contributed by atoms with Crippen molar-refractivity contribution >= 4 is 11.0 Å². The van der Waals surface area contributed by atoms with Crippen LogP contribution < -0.4 is 0 Å². The number of nitrogens with zero attached hydrogens (tertiary/aromatic N) is 2. The Morgan fingerprint density at radius 2 is 2.00 bits per heavy atom. The molecule has 0 spiro atoms. The van der Waals surface area contributed by atoms with E-state index in [1.54, 1.807) is 0 Å². The number of H-pyrrole nitrogens is 1. The molecule has 1 aromatic heterocycles. The lowest BCUT2D eigenvalue weighted by Crippen LogP contribution is -1.63. The fraction of sp³-hybridized carbons (Fsp3) is 0. The van der Waals surface area contributed by atoms with Crippen LogP contribution in [0.4, 0.5) is 4.39 Å². The Kier molecular flexibility index (Phi) is 2.54. The van der Waals surface area contributed by atoms with Gasteiger partial charge in [0.1, 0.15) is 5.52 Å². The molecule has 0 bridgehead atoms. The maximum absolute atomic E-state index is 8.75. The molecule has 0 aliphatic heterocycles. The predicted molar refractivity (Wildman–Crippen MR) is 38.2 cm³/mol. The van der Waals surface area contributed by atoms with Gasteiger partial charge in [-0.2, -0.15) is 0 Å². The molecule has 4 heteroatoms. The molecular formula is C7H5FN3. The number of fused-ring (bicyclic) bond motifs is 1. The first-order valence-corrected chi connectivity index (χ1v) is 2.91. The Balaban J connectivity index is 0.000000281. The highest BCUT2D eigenvalue weighted by atomic mass is 19.1. The van der Waals surface area contributed by atoms with Crippen LogP contribution in [0.1, 0.15) is 0 Å². The minimum atomic E-state index is 0.914. The molecule has 0 saturated carbocycles. The minimum Gasteiger partial charge on any atom is -0.258 e. The first-order chi connectivity index (χ1) is 5.47. The largest absolute Gasteiger partial charge is 0.258 e. The first-order valence-electron chi connectivity index (χ1n) is 2.91. The Labute approximate surface area is 63.2 Å². The summed E-state index contributed by atoms with van der Waals surface area (Å²) < 4.78 is 8.75. The second-order valence-corrected chi connectivity index (χ2v) is 1.83. The van der Waals surface area contributed by atoms with Gasteiger partial charge in [0.25, 0.3) is 0 Å². The van der Waals surface area contributed by atoms with E-state index in [4.69, 9.17) is 4.39 Å². The van der Waals surface area contributed by atoms with Gasteiger partial charge in [-0.25, -0.2) is 4.39 Å². The van der Waals surface area contributed by atoms with Crippen LogP contribution in [0.3, 0.4) is 0 Å². The summed E-state index contributed by atoms with van der Waals surface area (Å²) in [6, 6.07) is 7.74. The molecule has 1 aromatic carbocycles. The van der Waals surface area contributed by atoms with Crippen molar-refractivity contribution in [3.63, 3.8) is 0 Å². The monoisotopic (exact) mass is 150 g/mol. The summed E-state index contributed by atoms with van der Waals surface area (Å²) in [6.07, 6.45) is 0. The molecule has 2 rings (SSSR count). The molecular weight excluding hydrogens is 145 g/mol. The number of halogens is 1. The third-order valence-electron chi connectivity index (χ3n) is 1.23. The third-order valence-corrected chi connectivity index (χ3v) is 1.23. The lowest BCUT2D eigenvalue weighted by molar-refractivity contribution is 0.713. The van der Waals surface area contributed by atoms with Crippen LogP contribution in [-0.2, 0) is 0 Å². The van der Waals surface area contributed by atoms with Crippen LogP contribution in [0.5, 0.6) is 0 Å². The average Bonchev–Trinajstić information content (AvgIpc) is 2.55. The molecule has 0 aliphatic rings. The van der Waals surface area contributed by atoms with Crippen LogP contribution in [0.25, 0.3) is 11.0 Å². The summed E-state index contributed by atoms with van der Waals surface area (Å²) in [7, 11) is 4.25. The zero-order valence-electron chi connectivity index (χ0n) is 5.58. The van der Waals surface area contributed by atoms with Crippen molar-refractivity contribution in [1.82, 2.24) is 15.4 Å². The lowest BCUT2D eigenvalue weighted by atomic mass is 10.3. The zero-order valence-corrected chi connectivity index (χ0v) is 5.58. The molecule has 3 radical (unpaired) electrons. The first kappa shape index (κ1) is 7.65. The van der Waals surface area contributed by atoms with E-state index in [2.05, 4.69) is 22.6 Å². The fourth-order valence-corrected chi connectivity index (χ4v) is 0.788. The van der Waals surface area contributed by atoms with Gasteiger partial charge in [-0.3, -0.25) is 5.10 Å². The number of aromatic nitrogens is 3. The number of para-hydroxylation sites is 1. The van der Waals surface area contributed by atoms with Gasteiger partial charge in [0.2, 0.25) is 7.18 Å². The zero-order chi connectivity index (χ0) is 8.10. The molecule has 3 nitrogen and oxygen atoms in total. The van der Waals surface area contributed by atoms with Crippen molar-refractivity contribution in [1.29, 1.82) is 0 Å². The Morgan fingerprint density at radius 1 is 1.27 bits per heavy atom. The maximum atomic E-state index is 8.75. The highest BCUT2D eigenvalue weighted by Gasteiger charge is 1.90. The van der Waals surface area contributed by atoms with E-state index in [0.717, 1.165) is 11.0 Å². The van der Waals surface area contributed by atoms with Gasteiger partial charge in [0, 0.05) is 0 Å². The number of hydrogen-bond donors (Lipinski definition) is 1. The van der Waals surface area contributed by atoms with Crippen LogP contribution in [0, 0.1) is 7.18 Å². The van der Waals surface area contributed by atoms with Crippen molar-refractivity contribution in [3.8, 4) is 0 Å². The summed E-state index contributed by atoms with van der Waals surface area (Å²) >= 11 is 0. The molecule has 0 unspecified atom stereocenters. The van der Waals surface area contributed by atoms with Gasteiger partial charge in [-0.1, -0.05) is 17.3 Å². The van der Waals surface area contributed by atoms with Gasteiger partial charge < -0.3 is 0 Å². The van der Waals surface area contributed by atoms with Gasteiger partial charge in [-0.05, 0) is 12.1 Å². The second-order valence-electron chi connectivity index (χ2n) is 1.83. The molecule has 0 aliphatic carbocycles. The SMILES string of the molecule is [C]F.c1ccc2[nH]nnc2c1. The Bertz CT molecular complexity index is 288. The van der Waals surface area contributed by atoms with Crippen molar-refractivity contribution in [2.45, 2.75) is 0 Å². The van der Waals surface area contributed by atoms with Crippen molar-refractivity contribution in [3.05, 3.63) is 31.4 Å². The van der Waals surface area contributed by atoms with E-state index in [-0.39, 0.29) is 0 Å². The molecule has 55 valence electrons. The van der Waals surface area contributed by atoms with Crippen LogP contribution in [0.2, 0.25) is 0 Å². The average molecular weight is 150 g/mol. The van der Waals surface area contributed by atoms with Gasteiger partial charge in [0.05, 0.1) is 5.52 Å². The van der Waals surface area contributed by atoms with E-state index < -0.39 is 0 Å².